The van der Waals surface area contributed by atoms with Crippen LogP contribution in [0, 0.1) is 0 Å². The van der Waals surface area contributed by atoms with Gasteiger partial charge in [-0.25, -0.2) is 0 Å². The summed E-state index contributed by atoms with van der Waals surface area (Å²) in [6.07, 6.45) is 16.3. The number of allylic oxidation sites excluding steroid dienone is 5. The quantitative estimate of drug-likeness (QED) is 0.373. The third-order valence-corrected chi connectivity index (χ3v) is 3.29. The first-order valence-electron chi connectivity index (χ1n) is 7.50. The van der Waals surface area contributed by atoms with Crippen LogP contribution in [0.1, 0.15) is 43.7 Å². The van der Waals surface area contributed by atoms with Crippen LogP contribution in [0.2, 0.25) is 0 Å². The summed E-state index contributed by atoms with van der Waals surface area (Å²) in [6, 6.07) is 8.67. The maximum atomic E-state index is 3.82. The van der Waals surface area contributed by atoms with Crippen molar-refractivity contribution in [2.75, 3.05) is 0 Å². The Kier molecular flexibility index (Phi) is 8.14. The van der Waals surface area contributed by atoms with Crippen LogP contribution in [-0.2, 0) is 6.42 Å². The standard InChI is InChI=1S/C20H26/c1-4-11-18(5-2)12-9-7-8-10-13-20-16-14-19(6-3)15-17-20/h5-6,9,11-12,14-17H,2-4,7-8,10,13H2,1H3/b12-9+,18-11+. The second-order valence-corrected chi connectivity index (χ2v) is 4.91. The van der Waals surface area contributed by atoms with Gasteiger partial charge < -0.3 is 0 Å². The van der Waals surface area contributed by atoms with Gasteiger partial charge in [-0.2, -0.15) is 0 Å². The molecular formula is C20H26. The van der Waals surface area contributed by atoms with E-state index in [1.165, 1.54) is 29.5 Å². The molecule has 1 aromatic rings. The predicted molar refractivity (Wildman–Crippen MR) is 91.8 cm³/mol. The molecule has 0 saturated carbocycles. The first-order chi connectivity index (χ1) is 9.80. The Hall–Kier alpha value is -1.82. The van der Waals surface area contributed by atoms with E-state index < -0.39 is 0 Å². The molecule has 0 aromatic heterocycles. The summed E-state index contributed by atoms with van der Waals surface area (Å²) in [5.41, 5.74) is 3.83. The highest BCUT2D eigenvalue weighted by atomic mass is 14.0. The Labute approximate surface area is 124 Å². The first-order valence-corrected chi connectivity index (χ1v) is 7.50. The summed E-state index contributed by atoms with van der Waals surface area (Å²) in [5.74, 6) is 0. The smallest absolute Gasteiger partial charge is 0.0262 e. The second-order valence-electron chi connectivity index (χ2n) is 4.91. The zero-order valence-electron chi connectivity index (χ0n) is 12.6. The maximum absolute atomic E-state index is 3.82. The molecular weight excluding hydrogens is 240 g/mol. The van der Waals surface area contributed by atoms with E-state index in [1.54, 1.807) is 0 Å². The van der Waals surface area contributed by atoms with E-state index in [1.807, 2.05) is 12.2 Å². The SMILES string of the molecule is C=CC(/C=C/CCCCc1ccc(C=C)cc1)=C\CC. The number of hydrogen-bond acceptors (Lipinski definition) is 0. The summed E-state index contributed by atoms with van der Waals surface area (Å²) in [4.78, 5) is 0. The molecule has 20 heavy (non-hydrogen) atoms. The van der Waals surface area contributed by atoms with Gasteiger partial charge >= 0.3 is 0 Å². The topological polar surface area (TPSA) is 0 Å². The molecule has 0 N–H and O–H groups in total. The normalized spacial score (nSPS) is 11.8. The van der Waals surface area contributed by atoms with Crippen LogP contribution < -0.4 is 0 Å². The molecule has 0 spiro atoms. The Balaban J connectivity index is 2.24. The molecule has 0 amide bonds. The van der Waals surface area contributed by atoms with Crippen molar-refractivity contribution in [2.24, 2.45) is 0 Å². The fourth-order valence-corrected chi connectivity index (χ4v) is 2.09. The summed E-state index contributed by atoms with van der Waals surface area (Å²) >= 11 is 0. The van der Waals surface area contributed by atoms with Gasteiger partial charge in [0.15, 0.2) is 0 Å². The third kappa shape index (κ3) is 6.38. The number of benzene rings is 1. The molecule has 0 heterocycles. The van der Waals surface area contributed by atoms with Gasteiger partial charge in [-0.3, -0.25) is 0 Å². The van der Waals surface area contributed by atoms with Crippen molar-refractivity contribution in [3.63, 3.8) is 0 Å². The molecule has 0 atom stereocenters. The summed E-state index contributed by atoms with van der Waals surface area (Å²) in [5, 5.41) is 0. The summed E-state index contributed by atoms with van der Waals surface area (Å²) < 4.78 is 0. The van der Waals surface area contributed by atoms with E-state index in [-0.39, 0.29) is 0 Å². The van der Waals surface area contributed by atoms with Crippen molar-refractivity contribution >= 4 is 6.08 Å². The zero-order chi connectivity index (χ0) is 14.6. The molecule has 0 aliphatic carbocycles. The third-order valence-electron chi connectivity index (χ3n) is 3.29. The Morgan fingerprint density at radius 3 is 2.45 bits per heavy atom. The largest absolute Gasteiger partial charge is 0.0985 e. The van der Waals surface area contributed by atoms with Crippen molar-refractivity contribution in [2.45, 2.75) is 39.0 Å². The van der Waals surface area contributed by atoms with Crippen LogP contribution in [0.3, 0.4) is 0 Å². The molecule has 0 radical (unpaired) electrons. The van der Waals surface area contributed by atoms with E-state index >= 15 is 0 Å². The van der Waals surface area contributed by atoms with E-state index in [9.17, 15) is 0 Å². The van der Waals surface area contributed by atoms with Crippen LogP contribution in [-0.4, -0.2) is 0 Å². The van der Waals surface area contributed by atoms with Crippen LogP contribution in [0.25, 0.3) is 6.08 Å². The highest BCUT2D eigenvalue weighted by Gasteiger charge is 1.93. The zero-order valence-corrected chi connectivity index (χ0v) is 12.6. The van der Waals surface area contributed by atoms with Gasteiger partial charge in [0.2, 0.25) is 0 Å². The van der Waals surface area contributed by atoms with Crippen molar-refractivity contribution in [3.05, 3.63) is 78.4 Å². The van der Waals surface area contributed by atoms with Crippen molar-refractivity contribution < 1.29 is 0 Å². The molecule has 0 heteroatoms. The molecule has 0 nitrogen and oxygen atoms in total. The predicted octanol–water partition coefficient (Wildman–Crippen LogP) is 6.12. The van der Waals surface area contributed by atoms with E-state index in [0.29, 0.717) is 0 Å². The van der Waals surface area contributed by atoms with Crippen LogP contribution in [0.5, 0.6) is 0 Å². The van der Waals surface area contributed by atoms with Gasteiger partial charge in [-0.05, 0) is 48.8 Å². The molecule has 0 fully saturated rings. The van der Waals surface area contributed by atoms with Crippen molar-refractivity contribution in [1.82, 2.24) is 0 Å². The summed E-state index contributed by atoms with van der Waals surface area (Å²) in [7, 11) is 0. The van der Waals surface area contributed by atoms with Crippen molar-refractivity contribution in [3.8, 4) is 0 Å². The van der Waals surface area contributed by atoms with Gasteiger partial charge in [-0.1, -0.05) is 74.7 Å². The lowest BCUT2D eigenvalue weighted by Gasteiger charge is -2.01. The number of aryl methyl sites for hydroxylation is 1. The number of hydrogen-bond donors (Lipinski definition) is 0. The highest BCUT2D eigenvalue weighted by molar-refractivity contribution is 5.47. The van der Waals surface area contributed by atoms with E-state index in [0.717, 1.165) is 19.3 Å². The minimum Gasteiger partial charge on any atom is -0.0985 e. The lowest BCUT2D eigenvalue weighted by atomic mass is 10.0. The molecule has 0 saturated heterocycles. The Morgan fingerprint density at radius 1 is 1.10 bits per heavy atom. The average molecular weight is 266 g/mol. The van der Waals surface area contributed by atoms with Crippen LogP contribution in [0.15, 0.2) is 67.3 Å². The first kappa shape index (κ1) is 16.2. The monoisotopic (exact) mass is 266 g/mol. The summed E-state index contributed by atoms with van der Waals surface area (Å²) in [6.45, 7) is 9.74. The highest BCUT2D eigenvalue weighted by Crippen LogP contribution is 2.10. The minimum absolute atomic E-state index is 1.06. The van der Waals surface area contributed by atoms with Crippen LogP contribution in [0.4, 0.5) is 0 Å². The van der Waals surface area contributed by atoms with E-state index in [2.05, 4.69) is 62.6 Å². The minimum atomic E-state index is 1.06. The molecule has 1 rings (SSSR count). The molecule has 0 unspecified atom stereocenters. The van der Waals surface area contributed by atoms with Gasteiger partial charge in [-0.15, -0.1) is 0 Å². The van der Waals surface area contributed by atoms with Gasteiger partial charge in [0, 0.05) is 0 Å². The van der Waals surface area contributed by atoms with Gasteiger partial charge in [0.1, 0.15) is 0 Å². The number of rotatable bonds is 9. The van der Waals surface area contributed by atoms with Crippen molar-refractivity contribution in [1.29, 1.82) is 0 Å². The lowest BCUT2D eigenvalue weighted by molar-refractivity contribution is 0.747. The van der Waals surface area contributed by atoms with E-state index in [4.69, 9.17) is 0 Å². The number of unbranched alkanes of at least 4 members (excludes halogenated alkanes) is 2. The van der Waals surface area contributed by atoms with Gasteiger partial charge in [0.25, 0.3) is 0 Å². The molecule has 0 aliphatic heterocycles. The second kappa shape index (κ2) is 10.0. The maximum Gasteiger partial charge on any atom is -0.0262 e. The lowest BCUT2D eigenvalue weighted by Crippen LogP contribution is -1.85. The average Bonchev–Trinajstić information content (AvgIpc) is 2.50. The molecule has 106 valence electrons. The molecule has 0 aliphatic rings. The Bertz CT molecular complexity index is 457. The molecule has 0 bridgehead atoms. The van der Waals surface area contributed by atoms with Gasteiger partial charge in [0.05, 0.1) is 0 Å². The Morgan fingerprint density at radius 2 is 1.85 bits per heavy atom. The molecule has 1 aromatic carbocycles. The van der Waals surface area contributed by atoms with Crippen LogP contribution >= 0.6 is 0 Å². The fourth-order valence-electron chi connectivity index (χ4n) is 2.09. The fraction of sp³-hybridized carbons (Fsp3) is 0.300.